The monoisotopic (exact) mass is 245 g/mol. The second-order valence-corrected chi connectivity index (χ2v) is 4.25. The third-order valence-electron chi connectivity index (χ3n) is 2.68. The van der Waals surface area contributed by atoms with E-state index in [2.05, 4.69) is 34.6 Å². The van der Waals surface area contributed by atoms with Crippen molar-refractivity contribution in [2.45, 2.75) is 32.7 Å². The highest BCUT2D eigenvalue weighted by Gasteiger charge is 2.05. The molecule has 4 heteroatoms. The number of nitrogens with one attached hydrogen (secondary N) is 1. The number of hydrogen-bond donors (Lipinski definition) is 1. The molecule has 96 valence electrons. The molecule has 0 aliphatic heterocycles. The fraction of sp³-hybridized carbons (Fsp3) is 0.429. The second-order valence-electron chi connectivity index (χ2n) is 4.25. The van der Waals surface area contributed by atoms with Gasteiger partial charge in [-0.15, -0.1) is 10.2 Å². The molecule has 0 aliphatic carbocycles. The normalized spacial score (nSPS) is 10.7. The summed E-state index contributed by atoms with van der Waals surface area (Å²) in [7, 11) is 0. The van der Waals surface area contributed by atoms with E-state index in [1.165, 1.54) is 5.56 Å². The van der Waals surface area contributed by atoms with Crippen LogP contribution in [0.1, 0.15) is 30.7 Å². The standard InChI is InChI=1S/C14H19N3O/c1-2-10-15-11-14-17-16-13(18-14)9-8-12-6-4-3-5-7-12/h3-7,15H,2,8-11H2,1H3. The molecule has 0 fully saturated rings. The average molecular weight is 245 g/mol. The Labute approximate surface area is 107 Å². The summed E-state index contributed by atoms with van der Waals surface area (Å²) in [5.41, 5.74) is 1.29. The minimum Gasteiger partial charge on any atom is -0.424 e. The summed E-state index contributed by atoms with van der Waals surface area (Å²) in [5.74, 6) is 1.39. The Bertz CT molecular complexity index is 453. The van der Waals surface area contributed by atoms with Crippen LogP contribution in [0.15, 0.2) is 34.7 Å². The van der Waals surface area contributed by atoms with Gasteiger partial charge in [0.1, 0.15) is 0 Å². The van der Waals surface area contributed by atoms with E-state index in [0.29, 0.717) is 18.3 Å². The van der Waals surface area contributed by atoms with Gasteiger partial charge in [-0.1, -0.05) is 37.3 Å². The van der Waals surface area contributed by atoms with Crippen molar-refractivity contribution in [3.63, 3.8) is 0 Å². The second kappa shape index (κ2) is 6.91. The molecule has 0 atom stereocenters. The Balaban J connectivity index is 1.80. The number of benzene rings is 1. The highest BCUT2D eigenvalue weighted by atomic mass is 16.4. The lowest BCUT2D eigenvalue weighted by Crippen LogP contribution is -2.13. The van der Waals surface area contributed by atoms with E-state index in [-0.39, 0.29) is 0 Å². The van der Waals surface area contributed by atoms with Crippen LogP contribution in [0.25, 0.3) is 0 Å². The molecule has 0 saturated heterocycles. The van der Waals surface area contributed by atoms with Crippen LogP contribution >= 0.6 is 0 Å². The molecule has 0 unspecified atom stereocenters. The maximum atomic E-state index is 5.57. The molecule has 1 aromatic carbocycles. The van der Waals surface area contributed by atoms with Crippen LogP contribution in [0.5, 0.6) is 0 Å². The van der Waals surface area contributed by atoms with Gasteiger partial charge in [-0.05, 0) is 24.9 Å². The van der Waals surface area contributed by atoms with E-state index in [1.807, 2.05) is 18.2 Å². The highest BCUT2D eigenvalue weighted by Crippen LogP contribution is 2.06. The van der Waals surface area contributed by atoms with Gasteiger partial charge in [0.05, 0.1) is 6.54 Å². The maximum Gasteiger partial charge on any atom is 0.230 e. The lowest BCUT2D eigenvalue weighted by molar-refractivity contribution is 0.432. The molecule has 2 aromatic rings. The maximum absolute atomic E-state index is 5.57. The van der Waals surface area contributed by atoms with Crippen LogP contribution in [-0.4, -0.2) is 16.7 Å². The Morgan fingerprint density at radius 2 is 1.83 bits per heavy atom. The molecule has 0 bridgehead atoms. The Morgan fingerprint density at radius 1 is 1.06 bits per heavy atom. The van der Waals surface area contributed by atoms with Gasteiger partial charge in [-0.3, -0.25) is 0 Å². The topological polar surface area (TPSA) is 51.0 Å². The molecule has 1 aromatic heterocycles. The van der Waals surface area contributed by atoms with Crippen LogP contribution in [-0.2, 0) is 19.4 Å². The predicted molar refractivity (Wildman–Crippen MR) is 70.1 cm³/mol. The minimum absolute atomic E-state index is 0.659. The van der Waals surface area contributed by atoms with Crippen molar-refractivity contribution in [1.29, 1.82) is 0 Å². The van der Waals surface area contributed by atoms with E-state index in [9.17, 15) is 0 Å². The SMILES string of the molecule is CCCNCc1nnc(CCc2ccccc2)o1. The van der Waals surface area contributed by atoms with Crippen LogP contribution in [0.3, 0.4) is 0 Å². The zero-order valence-corrected chi connectivity index (χ0v) is 10.7. The van der Waals surface area contributed by atoms with Crippen molar-refractivity contribution < 1.29 is 4.42 Å². The van der Waals surface area contributed by atoms with Gasteiger partial charge >= 0.3 is 0 Å². The quantitative estimate of drug-likeness (QED) is 0.761. The van der Waals surface area contributed by atoms with Gasteiger partial charge in [0, 0.05) is 6.42 Å². The summed E-state index contributed by atoms with van der Waals surface area (Å²) in [5, 5.41) is 11.3. The van der Waals surface area contributed by atoms with Gasteiger partial charge in [-0.2, -0.15) is 0 Å². The third kappa shape index (κ3) is 3.96. The van der Waals surface area contributed by atoms with Crippen molar-refractivity contribution in [3.8, 4) is 0 Å². The van der Waals surface area contributed by atoms with Crippen molar-refractivity contribution in [2.24, 2.45) is 0 Å². The smallest absolute Gasteiger partial charge is 0.230 e. The fourth-order valence-corrected chi connectivity index (χ4v) is 1.73. The van der Waals surface area contributed by atoms with E-state index >= 15 is 0 Å². The first kappa shape index (κ1) is 12.8. The fourth-order valence-electron chi connectivity index (χ4n) is 1.73. The number of rotatable bonds is 7. The minimum atomic E-state index is 0.659. The highest BCUT2D eigenvalue weighted by molar-refractivity contribution is 5.15. The third-order valence-corrected chi connectivity index (χ3v) is 2.68. The molecule has 1 heterocycles. The van der Waals surface area contributed by atoms with E-state index in [0.717, 1.165) is 25.8 Å². The summed E-state index contributed by atoms with van der Waals surface area (Å²) in [4.78, 5) is 0. The zero-order valence-electron chi connectivity index (χ0n) is 10.7. The zero-order chi connectivity index (χ0) is 12.6. The van der Waals surface area contributed by atoms with E-state index in [4.69, 9.17) is 4.42 Å². The molecule has 4 nitrogen and oxygen atoms in total. The lowest BCUT2D eigenvalue weighted by atomic mass is 10.1. The first-order valence-corrected chi connectivity index (χ1v) is 6.44. The summed E-state index contributed by atoms with van der Waals surface area (Å²) in [6, 6.07) is 10.3. The van der Waals surface area contributed by atoms with E-state index < -0.39 is 0 Å². The van der Waals surface area contributed by atoms with Crippen LogP contribution in [0.2, 0.25) is 0 Å². The molecular weight excluding hydrogens is 226 g/mol. The van der Waals surface area contributed by atoms with Crippen molar-refractivity contribution in [2.75, 3.05) is 6.54 Å². The van der Waals surface area contributed by atoms with E-state index in [1.54, 1.807) is 0 Å². The molecule has 1 N–H and O–H groups in total. The van der Waals surface area contributed by atoms with Crippen molar-refractivity contribution in [1.82, 2.24) is 15.5 Å². The molecule has 2 rings (SSSR count). The summed E-state index contributed by atoms with van der Waals surface area (Å²) < 4.78 is 5.57. The molecule has 0 aliphatic rings. The van der Waals surface area contributed by atoms with Gasteiger partial charge in [0.25, 0.3) is 0 Å². The van der Waals surface area contributed by atoms with Gasteiger partial charge in [0.15, 0.2) is 0 Å². The molecule has 0 amide bonds. The molecule has 18 heavy (non-hydrogen) atoms. The van der Waals surface area contributed by atoms with Crippen LogP contribution in [0, 0.1) is 0 Å². The number of aromatic nitrogens is 2. The predicted octanol–water partition coefficient (Wildman–Crippen LogP) is 2.35. The Morgan fingerprint density at radius 3 is 2.61 bits per heavy atom. The molecular formula is C14H19N3O. The van der Waals surface area contributed by atoms with Crippen LogP contribution in [0.4, 0.5) is 0 Å². The largest absolute Gasteiger partial charge is 0.424 e. The number of hydrogen-bond acceptors (Lipinski definition) is 4. The molecule has 0 saturated carbocycles. The Hall–Kier alpha value is -1.68. The van der Waals surface area contributed by atoms with Crippen molar-refractivity contribution in [3.05, 3.63) is 47.7 Å². The first-order valence-electron chi connectivity index (χ1n) is 6.44. The van der Waals surface area contributed by atoms with Gasteiger partial charge < -0.3 is 9.73 Å². The Kier molecular flexibility index (Phi) is 4.90. The summed E-state index contributed by atoms with van der Waals surface area (Å²) >= 11 is 0. The lowest BCUT2D eigenvalue weighted by Gasteiger charge is -1.98. The molecule has 0 spiro atoms. The van der Waals surface area contributed by atoms with Crippen LogP contribution < -0.4 is 5.32 Å². The summed E-state index contributed by atoms with van der Waals surface area (Å²) in [6.45, 7) is 3.76. The first-order chi connectivity index (χ1) is 8.88. The van der Waals surface area contributed by atoms with Gasteiger partial charge in [0.2, 0.25) is 11.8 Å². The average Bonchev–Trinajstić information content (AvgIpc) is 2.86. The number of nitrogens with zero attached hydrogens (tertiary/aromatic N) is 2. The van der Waals surface area contributed by atoms with Crippen molar-refractivity contribution >= 4 is 0 Å². The molecule has 0 radical (unpaired) electrons. The number of aryl methyl sites for hydroxylation is 2. The summed E-state index contributed by atoms with van der Waals surface area (Å²) in [6.07, 6.45) is 2.84. The van der Waals surface area contributed by atoms with Gasteiger partial charge in [-0.25, -0.2) is 0 Å².